The van der Waals surface area contributed by atoms with Gasteiger partial charge in [0.1, 0.15) is 5.75 Å². The Bertz CT molecular complexity index is 381. The topological polar surface area (TPSA) is 58.6 Å². The van der Waals surface area contributed by atoms with E-state index in [0.29, 0.717) is 5.75 Å². The fourth-order valence-electron chi connectivity index (χ4n) is 1.04. The molecule has 0 aromatic heterocycles. The van der Waals surface area contributed by atoms with E-state index in [1.807, 2.05) is 5.32 Å². The molecule has 1 rings (SSSR count). The van der Waals surface area contributed by atoms with Gasteiger partial charge in [0.05, 0.1) is 6.54 Å². The maximum atomic E-state index is 11.9. The number of para-hydroxylation sites is 1. The quantitative estimate of drug-likeness (QED) is 0.836. The monoisotopic (exact) mass is 263 g/mol. The Labute approximate surface area is 101 Å². The molecule has 0 bridgehead atoms. The van der Waals surface area contributed by atoms with Gasteiger partial charge in [0, 0.05) is 0 Å². The van der Waals surface area contributed by atoms with E-state index < -0.39 is 31.3 Å². The lowest BCUT2D eigenvalue weighted by Crippen LogP contribution is -2.42. The third-order valence-electron chi connectivity index (χ3n) is 1.98. The Morgan fingerprint density at radius 1 is 1.33 bits per heavy atom. The van der Waals surface area contributed by atoms with Crippen molar-refractivity contribution in [3.05, 3.63) is 30.3 Å². The molecule has 0 radical (unpaired) electrons. The average molecular weight is 263 g/mol. The van der Waals surface area contributed by atoms with E-state index in [2.05, 4.69) is 0 Å². The number of rotatable bonds is 5. The number of aliphatic hydroxyl groups is 1. The number of carbonyl (C=O) groups excluding carboxylic acids is 1. The van der Waals surface area contributed by atoms with Gasteiger partial charge in [-0.25, -0.2) is 0 Å². The molecule has 0 fully saturated rings. The van der Waals surface area contributed by atoms with Crippen molar-refractivity contribution in [2.75, 3.05) is 13.2 Å². The molecule has 18 heavy (non-hydrogen) atoms. The standard InChI is InChI=1S/C11H12F3NO3/c12-11(13,14)9(16)6-15-10(17)7-18-8-4-2-1-3-5-8/h1-5,9,16H,6-7H2,(H,15,17). The van der Waals surface area contributed by atoms with E-state index in [9.17, 15) is 18.0 Å². The minimum Gasteiger partial charge on any atom is -0.484 e. The Balaban J connectivity index is 2.27. The molecule has 0 aliphatic heterocycles. The van der Waals surface area contributed by atoms with Crippen molar-refractivity contribution >= 4 is 5.91 Å². The maximum absolute atomic E-state index is 11.9. The van der Waals surface area contributed by atoms with Crippen LogP contribution in [0.4, 0.5) is 13.2 Å². The fourth-order valence-corrected chi connectivity index (χ4v) is 1.04. The molecule has 0 saturated heterocycles. The van der Waals surface area contributed by atoms with Crippen molar-refractivity contribution in [1.82, 2.24) is 5.32 Å². The number of hydrogen-bond acceptors (Lipinski definition) is 3. The minimum absolute atomic E-state index is 0.408. The number of aliphatic hydroxyl groups excluding tert-OH is 1. The Morgan fingerprint density at radius 2 is 1.94 bits per heavy atom. The molecule has 0 aliphatic carbocycles. The van der Waals surface area contributed by atoms with Gasteiger partial charge in [-0.3, -0.25) is 4.79 Å². The van der Waals surface area contributed by atoms with Crippen molar-refractivity contribution in [2.45, 2.75) is 12.3 Å². The zero-order chi connectivity index (χ0) is 13.6. The van der Waals surface area contributed by atoms with Gasteiger partial charge in [-0.2, -0.15) is 13.2 Å². The summed E-state index contributed by atoms with van der Waals surface area (Å²) in [6, 6.07) is 8.36. The first-order chi connectivity index (χ1) is 8.39. The highest BCUT2D eigenvalue weighted by Crippen LogP contribution is 2.19. The lowest BCUT2D eigenvalue weighted by atomic mass is 10.3. The number of ether oxygens (including phenoxy) is 1. The lowest BCUT2D eigenvalue weighted by molar-refractivity contribution is -0.201. The zero-order valence-corrected chi connectivity index (χ0v) is 9.28. The molecule has 0 heterocycles. The van der Waals surface area contributed by atoms with Crippen LogP contribution in [-0.4, -0.2) is 36.4 Å². The van der Waals surface area contributed by atoms with Gasteiger partial charge >= 0.3 is 6.18 Å². The van der Waals surface area contributed by atoms with Crippen molar-refractivity contribution in [1.29, 1.82) is 0 Å². The number of halogens is 3. The van der Waals surface area contributed by atoms with Crippen LogP contribution < -0.4 is 10.1 Å². The first-order valence-electron chi connectivity index (χ1n) is 5.09. The van der Waals surface area contributed by atoms with E-state index in [4.69, 9.17) is 9.84 Å². The SMILES string of the molecule is O=C(COc1ccccc1)NCC(O)C(F)(F)F. The van der Waals surface area contributed by atoms with Crippen LogP contribution in [0.1, 0.15) is 0 Å². The predicted octanol–water partition coefficient (Wildman–Crippen LogP) is 1.10. The molecular weight excluding hydrogens is 251 g/mol. The molecular formula is C11H12F3NO3. The van der Waals surface area contributed by atoms with Crippen molar-refractivity contribution in [3.63, 3.8) is 0 Å². The van der Waals surface area contributed by atoms with Crippen molar-refractivity contribution < 1.29 is 27.8 Å². The van der Waals surface area contributed by atoms with E-state index in [1.54, 1.807) is 30.3 Å². The van der Waals surface area contributed by atoms with Gasteiger partial charge in [0.2, 0.25) is 0 Å². The molecule has 1 atom stereocenters. The number of alkyl halides is 3. The summed E-state index contributed by atoms with van der Waals surface area (Å²) in [5.74, 6) is -0.300. The van der Waals surface area contributed by atoms with Crippen molar-refractivity contribution in [2.24, 2.45) is 0 Å². The second-order valence-corrected chi connectivity index (χ2v) is 3.46. The normalized spacial score (nSPS) is 12.9. The number of hydrogen-bond donors (Lipinski definition) is 2. The van der Waals surface area contributed by atoms with Crippen molar-refractivity contribution in [3.8, 4) is 5.75 Å². The van der Waals surface area contributed by atoms with E-state index in [0.717, 1.165) is 0 Å². The second-order valence-electron chi connectivity index (χ2n) is 3.46. The molecule has 7 heteroatoms. The summed E-state index contributed by atoms with van der Waals surface area (Å²) in [7, 11) is 0. The number of carbonyl (C=O) groups is 1. The highest BCUT2D eigenvalue weighted by molar-refractivity contribution is 5.77. The molecule has 0 aliphatic rings. The smallest absolute Gasteiger partial charge is 0.416 e. The van der Waals surface area contributed by atoms with E-state index in [-0.39, 0.29) is 0 Å². The third kappa shape index (κ3) is 5.05. The lowest BCUT2D eigenvalue weighted by Gasteiger charge is -2.15. The van der Waals surface area contributed by atoms with Crippen LogP contribution in [0.5, 0.6) is 5.75 Å². The summed E-state index contributed by atoms with van der Waals surface area (Å²) in [4.78, 5) is 11.1. The molecule has 100 valence electrons. The number of amides is 1. The highest BCUT2D eigenvalue weighted by Gasteiger charge is 2.38. The zero-order valence-electron chi connectivity index (χ0n) is 9.28. The molecule has 1 unspecified atom stereocenters. The molecule has 1 aromatic carbocycles. The number of benzene rings is 1. The summed E-state index contributed by atoms with van der Waals surface area (Å²) >= 11 is 0. The average Bonchev–Trinajstić information content (AvgIpc) is 2.33. The molecule has 1 amide bonds. The van der Waals surface area contributed by atoms with Gasteiger partial charge < -0.3 is 15.2 Å². The summed E-state index contributed by atoms with van der Waals surface area (Å²) < 4.78 is 40.8. The Kier molecular flexibility index (Phi) is 4.96. The highest BCUT2D eigenvalue weighted by atomic mass is 19.4. The summed E-state index contributed by atoms with van der Waals surface area (Å²) in [5, 5.41) is 10.6. The predicted molar refractivity (Wildman–Crippen MR) is 57.0 cm³/mol. The molecule has 0 spiro atoms. The van der Waals surface area contributed by atoms with Crippen LogP contribution in [0.25, 0.3) is 0 Å². The molecule has 4 nitrogen and oxygen atoms in total. The van der Waals surface area contributed by atoms with E-state index in [1.165, 1.54) is 0 Å². The summed E-state index contributed by atoms with van der Waals surface area (Å²) in [6.45, 7) is -1.30. The largest absolute Gasteiger partial charge is 0.484 e. The van der Waals surface area contributed by atoms with Crippen LogP contribution in [0.3, 0.4) is 0 Å². The maximum Gasteiger partial charge on any atom is 0.416 e. The fraction of sp³-hybridized carbons (Fsp3) is 0.364. The van der Waals surface area contributed by atoms with Gasteiger partial charge in [0.15, 0.2) is 12.7 Å². The van der Waals surface area contributed by atoms with Gasteiger partial charge in [-0.1, -0.05) is 18.2 Å². The van der Waals surface area contributed by atoms with E-state index >= 15 is 0 Å². The summed E-state index contributed by atoms with van der Waals surface area (Å²) in [5.41, 5.74) is 0. The molecule has 0 saturated carbocycles. The second kappa shape index (κ2) is 6.25. The molecule has 2 N–H and O–H groups in total. The third-order valence-corrected chi connectivity index (χ3v) is 1.98. The summed E-state index contributed by atoms with van der Waals surface area (Å²) in [6.07, 6.45) is -7.31. The van der Waals surface area contributed by atoms with Gasteiger partial charge in [-0.15, -0.1) is 0 Å². The first kappa shape index (κ1) is 14.3. The van der Waals surface area contributed by atoms with Crippen LogP contribution in [0, 0.1) is 0 Å². The number of nitrogens with one attached hydrogen (secondary N) is 1. The minimum atomic E-state index is -4.74. The van der Waals surface area contributed by atoms with Crippen LogP contribution in [-0.2, 0) is 4.79 Å². The van der Waals surface area contributed by atoms with Gasteiger partial charge in [0.25, 0.3) is 5.91 Å². The molecule has 1 aromatic rings. The Hall–Kier alpha value is -1.76. The van der Waals surface area contributed by atoms with Gasteiger partial charge in [-0.05, 0) is 12.1 Å². The van der Waals surface area contributed by atoms with Crippen LogP contribution >= 0.6 is 0 Å². The van der Waals surface area contributed by atoms with Crippen LogP contribution in [0.15, 0.2) is 30.3 Å². The van der Waals surface area contributed by atoms with Crippen LogP contribution in [0.2, 0.25) is 0 Å². The Morgan fingerprint density at radius 3 is 2.50 bits per heavy atom. The first-order valence-corrected chi connectivity index (χ1v) is 5.09.